The number of hydrogen-bond acceptors (Lipinski definition) is 4. The van der Waals surface area contributed by atoms with Crippen molar-refractivity contribution in [2.75, 3.05) is 25.7 Å². The summed E-state index contributed by atoms with van der Waals surface area (Å²) in [5.41, 5.74) is -0.641. The lowest BCUT2D eigenvalue weighted by atomic mass is 10.0. The van der Waals surface area contributed by atoms with Crippen LogP contribution in [0.25, 0.3) is 0 Å². The van der Waals surface area contributed by atoms with Gasteiger partial charge in [-0.3, -0.25) is 0 Å². The van der Waals surface area contributed by atoms with Crippen LogP contribution in [-0.4, -0.2) is 47.9 Å². The van der Waals surface area contributed by atoms with Gasteiger partial charge in [0.05, 0.1) is 5.88 Å². The summed E-state index contributed by atoms with van der Waals surface area (Å²) in [5, 5.41) is 17.8. The minimum atomic E-state index is -3.41. The second-order valence-corrected chi connectivity index (χ2v) is 6.35. The Kier molecular flexibility index (Phi) is 7.51. The summed E-state index contributed by atoms with van der Waals surface area (Å²) in [4.78, 5) is 0. The third-order valence-corrected chi connectivity index (χ3v) is 4.09. The number of halogens is 5. The van der Waals surface area contributed by atoms with E-state index in [1.165, 1.54) is 24.3 Å². The summed E-state index contributed by atoms with van der Waals surface area (Å²) < 4.78 is 65.3. The van der Waals surface area contributed by atoms with Gasteiger partial charge < -0.3 is 19.7 Å². The molecule has 0 aliphatic heterocycles. The Morgan fingerprint density at radius 2 is 1.32 bits per heavy atom. The summed E-state index contributed by atoms with van der Waals surface area (Å²) >= 11 is 5.45. The van der Waals surface area contributed by atoms with Gasteiger partial charge >= 0.3 is 5.92 Å². The molecule has 0 fully saturated rings. The highest BCUT2D eigenvalue weighted by molar-refractivity contribution is 6.18. The van der Waals surface area contributed by atoms with Crippen LogP contribution in [0.2, 0.25) is 0 Å². The Balaban J connectivity index is 2.05. The van der Waals surface area contributed by atoms with Crippen molar-refractivity contribution in [2.45, 2.75) is 17.9 Å². The molecular formula is C19H19ClF4O4. The van der Waals surface area contributed by atoms with E-state index in [9.17, 15) is 22.7 Å². The van der Waals surface area contributed by atoms with E-state index in [1.54, 1.807) is 0 Å². The Hall–Kier alpha value is -2.03. The minimum absolute atomic E-state index is 0.00644. The molecular weight excluding hydrogens is 404 g/mol. The monoisotopic (exact) mass is 422 g/mol. The fourth-order valence-electron chi connectivity index (χ4n) is 2.16. The predicted molar refractivity (Wildman–Crippen MR) is 95.6 cm³/mol. The van der Waals surface area contributed by atoms with E-state index >= 15 is 0 Å². The summed E-state index contributed by atoms with van der Waals surface area (Å²) in [6.45, 7) is -2.48. The highest BCUT2D eigenvalue weighted by atomic mass is 35.5. The molecule has 0 heterocycles. The van der Waals surface area contributed by atoms with Crippen LogP contribution in [-0.2, 0) is 5.92 Å². The van der Waals surface area contributed by atoms with E-state index in [0.717, 1.165) is 24.3 Å². The normalized spacial score (nSPS) is 13.2. The van der Waals surface area contributed by atoms with E-state index < -0.39 is 31.2 Å². The second kappa shape index (κ2) is 9.45. The van der Waals surface area contributed by atoms with Gasteiger partial charge in [0.1, 0.15) is 30.8 Å². The van der Waals surface area contributed by atoms with Crippen molar-refractivity contribution < 1.29 is 37.2 Å². The first kappa shape index (κ1) is 22.3. The first-order valence-corrected chi connectivity index (χ1v) is 8.78. The summed E-state index contributed by atoms with van der Waals surface area (Å²) in [6.07, 6.45) is -0.860. The highest BCUT2D eigenvalue weighted by Gasteiger charge is 2.34. The molecule has 2 aromatic carbocycles. The van der Waals surface area contributed by atoms with Gasteiger partial charge in [-0.1, -0.05) is 0 Å². The first-order chi connectivity index (χ1) is 13.2. The fourth-order valence-corrected chi connectivity index (χ4v) is 2.25. The van der Waals surface area contributed by atoms with Crippen molar-refractivity contribution in [2.24, 2.45) is 0 Å². The maximum absolute atomic E-state index is 14.7. The van der Waals surface area contributed by atoms with Crippen LogP contribution >= 0.6 is 11.6 Å². The van der Waals surface area contributed by atoms with Gasteiger partial charge in [0, 0.05) is 11.1 Å². The largest absolute Gasteiger partial charge is 0.491 e. The lowest BCUT2D eigenvalue weighted by molar-refractivity contribution is -0.0801. The zero-order valence-corrected chi connectivity index (χ0v) is 15.4. The fraction of sp³-hybridized carbons (Fsp3) is 0.368. The molecule has 0 unspecified atom stereocenters. The molecule has 2 rings (SSSR count). The zero-order chi connectivity index (χ0) is 20.8. The first-order valence-electron chi connectivity index (χ1n) is 8.25. The average molecular weight is 423 g/mol. The molecule has 2 N–H and O–H groups in total. The van der Waals surface area contributed by atoms with E-state index in [-0.39, 0.29) is 29.4 Å². The molecule has 0 aliphatic carbocycles. The molecule has 9 heteroatoms. The van der Waals surface area contributed by atoms with Crippen LogP contribution < -0.4 is 9.47 Å². The zero-order valence-electron chi connectivity index (χ0n) is 14.6. The van der Waals surface area contributed by atoms with Crippen LogP contribution in [0.15, 0.2) is 48.5 Å². The number of alkyl halides is 5. The predicted octanol–water partition coefficient (Wildman–Crippen LogP) is 3.81. The van der Waals surface area contributed by atoms with E-state index in [2.05, 4.69) is 0 Å². The summed E-state index contributed by atoms with van der Waals surface area (Å²) in [6, 6.07) is 9.53. The van der Waals surface area contributed by atoms with Crippen LogP contribution in [0.5, 0.6) is 11.5 Å². The van der Waals surface area contributed by atoms with Crippen molar-refractivity contribution >= 4 is 11.6 Å². The average Bonchev–Trinajstić information content (AvgIpc) is 2.71. The van der Waals surface area contributed by atoms with Crippen molar-refractivity contribution in [3.05, 3.63) is 59.7 Å². The van der Waals surface area contributed by atoms with Crippen LogP contribution in [0, 0.1) is 0 Å². The molecule has 0 saturated heterocycles. The SMILES string of the molecule is OCC(F)(F)COc1ccc(C(F)(F)c2ccc(OC[C@H](O)CCl)cc2)cc1. The molecule has 1 atom stereocenters. The number of ether oxygens (including phenoxy) is 2. The number of aliphatic hydroxyl groups excluding tert-OH is 2. The number of hydrogen-bond donors (Lipinski definition) is 2. The molecule has 154 valence electrons. The number of benzene rings is 2. The molecule has 0 aromatic heterocycles. The number of aliphatic hydroxyl groups is 2. The summed E-state index contributed by atoms with van der Waals surface area (Å²) in [7, 11) is 0. The van der Waals surface area contributed by atoms with Crippen LogP contribution in [0.3, 0.4) is 0 Å². The lowest BCUT2D eigenvalue weighted by Crippen LogP contribution is -2.29. The van der Waals surface area contributed by atoms with Gasteiger partial charge in [-0.15, -0.1) is 11.6 Å². The van der Waals surface area contributed by atoms with Gasteiger partial charge in [-0.2, -0.15) is 8.78 Å². The van der Waals surface area contributed by atoms with Gasteiger partial charge in [0.25, 0.3) is 5.92 Å². The molecule has 0 amide bonds. The van der Waals surface area contributed by atoms with Gasteiger partial charge in [-0.25, -0.2) is 8.78 Å². The number of rotatable bonds is 10. The maximum atomic E-state index is 14.7. The molecule has 0 saturated carbocycles. The van der Waals surface area contributed by atoms with Crippen LogP contribution in [0.4, 0.5) is 17.6 Å². The molecule has 0 bridgehead atoms. The molecule has 4 nitrogen and oxygen atoms in total. The molecule has 0 radical (unpaired) electrons. The molecule has 0 spiro atoms. The van der Waals surface area contributed by atoms with E-state index in [1.807, 2.05) is 0 Å². The van der Waals surface area contributed by atoms with Crippen molar-refractivity contribution in [1.82, 2.24) is 0 Å². The Morgan fingerprint density at radius 1 is 0.857 bits per heavy atom. The third kappa shape index (κ3) is 5.98. The summed E-state index contributed by atoms with van der Waals surface area (Å²) in [5.74, 6) is -6.46. The Morgan fingerprint density at radius 3 is 1.75 bits per heavy atom. The standard InChI is InChI=1S/C19H19ClF4O4/c20-9-15(26)10-27-16-5-1-13(2-6-16)19(23,24)14-3-7-17(8-4-14)28-12-18(21,22)11-25/h1-8,15,25-26H,9-12H2/t15-/m1/s1. The van der Waals surface area contributed by atoms with Gasteiger partial charge in [0.2, 0.25) is 0 Å². The van der Waals surface area contributed by atoms with Crippen molar-refractivity contribution in [3.8, 4) is 11.5 Å². The maximum Gasteiger partial charge on any atom is 0.303 e. The lowest BCUT2D eigenvalue weighted by Gasteiger charge is -2.19. The van der Waals surface area contributed by atoms with Gasteiger partial charge in [-0.05, 0) is 48.5 Å². The minimum Gasteiger partial charge on any atom is -0.491 e. The second-order valence-electron chi connectivity index (χ2n) is 6.05. The topological polar surface area (TPSA) is 58.9 Å². The van der Waals surface area contributed by atoms with Gasteiger partial charge in [0.15, 0.2) is 6.61 Å². The molecule has 28 heavy (non-hydrogen) atoms. The smallest absolute Gasteiger partial charge is 0.303 e. The van der Waals surface area contributed by atoms with Crippen molar-refractivity contribution in [3.63, 3.8) is 0 Å². The quantitative estimate of drug-likeness (QED) is 0.451. The van der Waals surface area contributed by atoms with Crippen LogP contribution in [0.1, 0.15) is 11.1 Å². The third-order valence-electron chi connectivity index (χ3n) is 3.74. The highest BCUT2D eigenvalue weighted by Crippen LogP contribution is 2.37. The molecule has 0 aliphatic rings. The van der Waals surface area contributed by atoms with E-state index in [4.69, 9.17) is 26.2 Å². The molecule has 2 aromatic rings. The van der Waals surface area contributed by atoms with E-state index in [0.29, 0.717) is 5.75 Å². The Labute approximate surface area is 164 Å². The van der Waals surface area contributed by atoms with Crippen molar-refractivity contribution in [1.29, 1.82) is 0 Å². The Bertz CT molecular complexity index is 739.